The molecule has 1 aliphatic heterocycles. The van der Waals surface area contributed by atoms with Gasteiger partial charge in [0.05, 0.1) is 18.2 Å². The van der Waals surface area contributed by atoms with E-state index in [4.69, 9.17) is 21.1 Å². The van der Waals surface area contributed by atoms with Gasteiger partial charge in [0.15, 0.2) is 17.9 Å². The van der Waals surface area contributed by atoms with Crippen LogP contribution in [0.4, 0.5) is 26.3 Å². The van der Waals surface area contributed by atoms with Gasteiger partial charge in [0.25, 0.3) is 0 Å². The summed E-state index contributed by atoms with van der Waals surface area (Å²) in [7, 11) is 0. The molecular formula is C25H27ClF6O4. The lowest BCUT2D eigenvalue weighted by atomic mass is 10.0. The Morgan fingerprint density at radius 1 is 1.03 bits per heavy atom. The van der Waals surface area contributed by atoms with Crippen molar-refractivity contribution in [1.82, 2.24) is 0 Å². The zero-order valence-electron chi connectivity index (χ0n) is 19.6. The molecule has 0 saturated carbocycles. The third-order valence-corrected chi connectivity index (χ3v) is 5.98. The Morgan fingerprint density at radius 2 is 1.75 bits per heavy atom. The molecule has 0 radical (unpaired) electrons. The van der Waals surface area contributed by atoms with E-state index < -0.39 is 52.7 Å². The van der Waals surface area contributed by atoms with Gasteiger partial charge in [0.2, 0.25) is 0 Å². The molecule has 3 rings (SSSR count). The Morgan fingerprint density at radius 3 is 2.36 bits per heavy atom. The standard InChI is InChI=1S/C25H27ClF6O4/c1-2-3-4-5-16-13-33-22(34-14-16)9-6-15-10-18(26)23(20(28)11-15)25(31,32)36-17-7-8-21(19(27)12-17)35-24(29)30/h7-8,10-12,16,22,24H,2-6,9,13-14H2,1H3. The monoisotopic (exact) mass is 540 g/mol. The minimum Gasteiger partial charge on any atom is -0.432 e. The fraction of sp³-hybridized carbons (Fsp3) is 0.520. The number of hydrogen-bond donors (Lipinski definition) is 0. The summed E-state index contributed by atoms with van der Waals surface area (Å²) in [5.41, 5.74) is -0.879. The highest BCUT2D eigenvalue weighted by atomic mass is 35.5. The van der Waals surface area contributed by atoms with Gasteiger partial charge in [0, 0.05) is 18.4 Å². The third kappa shape index (κ3) is 7.91. The highest BCUT2D eigenvalue weighted by Gasteiger charge is 2.40. The maximum atomic E-state index is 14.7. The number of alkyl halides is 4. The van der Waals surface area contributed by atoms with E-state index in [9.17, 15) is 26.3 Å². The van der Waals surface area contributed by atoms with Crippen molar-refractivity contribution < 1.29 is 45.3 Å². The van der Waals surface area contributed by atoms with E-state index in [1.807, 2.05) is 0 Å². The van der Waals surface area contributed by atoms with Crippen molar-refractivity contribution in [1.29, 1.82) is 0 Å². The molecule has 0 aliphatic carbocycles. The van der Waals surface area contributed by atoms with E-state index in [-0.39, 0.29) is 6.42 Å². The minimum atomic E-state index is -4.28. The van der Waals surface area contributed by atoms with Crippen LogP contribution in [-0.4, -0.2) is 26.1 Å². The molecule has 1 heterocycles. The molecule has 11 heteroatoms. The van der Waals surface area contributed by atoms with E-state index in [0.717, 1.165) is 37.8 Å². The normalized spacial score (nSPS) is 18.5. The second-order valence-electron chi connectivity index (χ2n) is 8.52. The molecule has 0 bridgehead atoms. The quantitative estimate of drug-likeness (QED) is 0.203. The summed E-state index contributed by atoms with van der Waals surface area (Å²) in [4.78, 5) is 0. The summed E-state index contributed by atoms with van der Waals surface area (Å²) in [6, 6.07) is 4.00. The number of benzene rings is 2. The Kier molecular flexibility index (Phi) is 10.2. The summed E-state index contributed by atoms with van der Waals surface area (Å²) < 4.78 is 102. The van der Waals surface area contributed by atoms with Gasteiger partial charge in [-0.05, 0) is 42.7 Å². The van der Waals surface area contributed by atoms with Crippen molar-refractivity contribution in [3.8, 4) is 11.5 Å². The first-order valence-corrected chi connectivity index (χ1v) is 12.0. The largest absolute Gasteiger partial charge is 0.432 e. The van der Waals surface area contributed by atoms with Gasteiger partial charge >= 0.3 is 12.7 Å². The predicted octanol–water partition coefficient (Wildman–Crippen LogP) is 7.85. The molecule has 1 aliphatic rings. The fourth-order valence-corrected chi connectivity index (χ4v) is 4.21. The number of ether oxygens (including phenoxy) is 4. The minimum absolute atomic E-state index is 0.269. The smallest absolute Gasteiger partial charge is 0.431 e. The van der Waals surface area contributed by atoms with E-state index >= 15 is 0 Å². The van der Waals surface area contributed by atoms with Crippen LogP contribution in [0.5, 0.6) is 11.5 Å². The van der Waals surface area contributed by atoms with Crippen molar-refractivity contribution in [3.05, 3.63) is 58.1 Å². The van der Waals surface area contributed by atoms with Crippen molar-refractivity contribution >= 4 is 11.6 Å². The Bertz CT molecular complexity index is 976. The lowest BCUT2D eigenvalue weighted by molar-refractivity contribution is -0.203. The first kappa shape index (κ1) is 28.4. The molecule has 2 aromatic rings. The van der Waals surface area contributed by atoms with Crippen LogP contribution in [0.15, 0.2) is 30.3 Å². The van der Waals surface area contributed by atoms with Crippen LogP contribution in [-0.2, 0) is 22.0 Å². The molecule has 0 unspecified atom stereocenters. The first-order chi connectivity index (χ1) is 17.1. The molecule has 1 saturated heterocycles. The van der Waals surface area contributed by atoms with E-state index in [1.165, 1.54) is 6.07 Å². The van der Waals surface area contributed by atoms with Crippen LogP contribution in [0, 0.1) is 17.6 Å². The van der Waals surface area contributed by atoms with Gasteiger partial charge in [-0.15, -0.1) is 0 Å². The molecule has 0 spiro atoms. The van der Waals surface area contributed by atoms with Gasteiger partial charge in [-0.3, -0.25) is 0 Å². The van der Waals surface area contributed by atoms with Crippen molar-refractivity contribution in [2.45, 2.75) is 64.5 Å². The lowest BCUT2D eigenvalue weighted by Gasteiger charge is -2.29. The number of aryl methyl sites for hydroxylation is 1. The topological polar surface area (TPSA) is 36.9 Å². The Balaban J connectivity index is 1.60. The highest BCUT2D eigenvalue weighted by molar-refractivity contribution is 6.31. The van der Waals surface area contributed by atoms with Gasteiger partial charge in [-0.2, -0.15) is 17.6 Å². The van der Waals surface area contributed by atoms with Crippen molar-refractivity contribution in [2.75, 3.05) is 13.2 Å². The summed E-state index contributed by atoms with van der Waals surface area (Å²) in [6.45, 7) is -0.0255. The number of hydrogen-bond acceptors (Lipinski definition) is 4. The molecule has 200 valence electrons. The summed E-state index contributed by atoms with van der Waals surface area (Å²) in [5.74, 6) is -3.93. The van der Waals surface area contributed by atoms with Crippen LogP contribution >= 0.6 is 11.6 Å². The number of unbranched alkanes of at least 4 members (excludes halogenated alkanes) is 2. The summed E-state index contributed by atoms with van der Waals surface area (Å²) >= 11 is 5.96. The second kappa shape index (κ2) is 12.9. The summed E-state index contributed by atoms with van der Waals surface area (Å²) in [5, 5.41) is -0.588. The van der Waals surface area contributed by atoms with Gasteiger partial charge in [0.1, 0.15) is 17.1 Å². The SMILES string of the molecule is CCCCCC1COC(CCc2cc(F)c(C(F)(F)Oc3ccc(OC(F)F)c(F)c3)c(Cl)c2)OC1. The lowest BCUT2D eigenvalue weighted by Crippen LogP contribution is -2.32. The Labute approximate surface area is 210 Å². The number of halogens is 7. The molecule has 0 aromatic heterocycles. The van der Waals surface area contributed by atoms with Crippen LogP contribution in [0.1, 0.15) is 50.2 Å². The van der Waals surface area contributed by atoms with Crippen molar-refractivity contribution in [3.63, 3.8) is 0 Å². The van der Waals surface area contributed by atoms with Crippen LogP contribution in [0.3, 0.4) is 0 Å². The molecular weight excluding hydrogens is 514 g/mol. The summed E-state index contributed by atoms with van der Waals surface area (Å²) in [6.07, 6.45) is 0.333. The Hall–Kier alpha value is -2.17. The van der Waals surface area contributed by atoms with E-state index in [1.54, 1.807) is 0 Å². The van der Waals surface area contributed by atoms with Crippen molar-refractivity contribution in [2.24, 2.45) is 5.92 Å². The highest BCUT2D eigenvalue weighted by Crippen LogP contribution is 2.39. The average Bonchev–Trinajstić information content (AvgIpc) is 2.79. The molecule has 4 nitrogen and oxygen atoms in total. The maximum Gasteiger partial charge on any atom is 0.431 e. The fourth-order valence-electron chi connectivity index (χ4n) is 3.87. The van der Waals surface area contributed by atoms with E-state index in [0.29, 0.717) is 43.2 Å². The zero-order valence-corrected chi connectivity index (χ0v) is 20.3. The average molecular weight is 541 g/mol. The molecule has 2 aromatic carbocycles. The first-order valence-electron chi connectivity index (χ1n) is 11.6. The maximum absolute atomic E-state index is 14.7. The predicted molar refractivity (Wildman–Crippen MR) is 121 cm³/mol. The van der Waals surface area contributed by atoms with Gasteiger partial charge in [-0.1, -0.05) is 37.8 Å². The van der Waals surface area contributed by atoms with Crippen LogP contribution in [0.25, 0.3) is 0 Å². The van der Waals surface area contributed by atoms with E-state index in [2.05, 4.69) is 16.4 Å². The zero-order chi connectivity index (χ0) is 26.3. The van der Waals surface area contributed by atoms with Crippen LogP contribution in [0.2, 0.25) is 5.02 Å². The molecule has 0 amide bonds. The van der Waals surface area contributed by atoms with Crippen LogP contribution < -0.4 is 9.47 Å². The molecule has 1 fully saturated rings. The second-order valence-corrected chi connectivity index (χ2v) is 8.93. The third-order valence-electron chi connectivity index (χ3n) is 5.68. The number of rotatable bonds is 12. The molecule has 36 heavy (non-hydrogen) atoms. The van der Waals surface area contributed by atoms with Gasteiger partial charge in [-0.25, -0.2) is 8.78 Å². The van der Waals surface area contributed by atoms with Gasteiger partial charge < -0.3 is 18.9 Å². The molecule has 0 atom stereocenters. The molecule has 0 N–H and O–H groups in total.